The van der Waals surface area contributed by atoms with Crippen molar-refractivity contribution >= 4 is 17.7 Å². The van der Waals surface area contributed by atoms with E-state index in [0.717, 1.165) is 12.8 Å². The SMILES string of the molecule is COc1cccc(C(=O)N2CCC3(CC2)OCC(C(=O)NCC2CCCO2)N3C(=O)c2ccco2)c1. The lowest BCUT2D eigenvalue weighted by Gasteiger charge is -2.44. The lowest BCUT2D eigenvalue weighted by molar-refractivity contribution is -0.128. The Bertz CT molecular complexity index is 1090. The second-order valence-electron chi connectivity index (χ2n) is 9.33. The summed E-state index contributed by atoms with van der Waals surface area (Å²) in [7, 11) is 1.56. The van der Waals surface area contributed by atoms with Crippen molar-refractivity contribution in [2.45, 2.75) is 43.6 Å². The summed E-state index contributed by atoms with van der Waals surface area (Å²) < 4.78 is 22.4. The fourth-order valence-corrected chi connectivity index (χ4v) is 5.22. The number of hydrogen-bond donors (Lipinski definition) is 1. The largest absolute Gasteiger partial charge is 0.497 e. The summed E-state index contributed by atoms with van der Waals surface area (Å²) in [5, 5.41) is 2.93. The molecule has 3 aliphatic heterocycles. The number of amides is 3. The molecule has 1 spiro atoms. The third kappa shape index (κ3) is 4.70. The van der Waals surface area contributed by atoms with Crippen LogP contribution < -0.4 is 10.1 Å². The summed E-state index contributed by atoms with van der Waals surface area (Å²) in [6.07, 6.45) is 4.06. The van der Waals surface area contributed by atoms with Crippen LogP contribution in [-0.2, 0) is 14.3 Å². The molecule has 0 saturated carbocycles. The highest BCUT2D eigenvalue weighted by Gasteiger charge is 2.54. The fraction of sp³-hybridized carbons (Fsp3) is 0.500. The van der Waals surface area contributed by atoms with Crippen LogP contribution in [0.1, 0.15) is 46.6 Å². The number of carbonyl (C=O) groups is 3. The number of carbonyl (C=O) groups excluding carboxylic acids is 3. The molecule has 10 nitrogen and oxygen atoms in total. The third-order valence-electron chi connectivity index (χ3n) is 7.19. The van der Waals surface area contributed by atoms with Crippen molar-refractivity contribution in [3.8, 4) is 5.75 Å². The highest BCUT2D eigenvalue weighted by Crippen LogP contribution is 2.39. The zero-order valence-corrected chi connectivity index (χ0v) is 20.3. The lowest BCUT2D eigenvalue weighted by Crippen LogP contribution is -2.60. The first-order valence-electron chi connectivity index (χ1n) is 12.3. The van der Waals surface area contributed by atoms with E-state index in [1.165, 1.54) is 11.2 Å². The molecule has 0 aliphatic carbocycles. The Morgan fingerprint density at radius 2 is 1.97 bits per heavy atom. The third-order valence-corrected chi connectivity index (χ3v) is 7.19. The van der Waals surface area contributed by atoms with Gasteiger partial charge in [-0.05, 0) is 43.2 Å². The predicted octanol–water partition coefficient (Wildman–Crippen LogP) is 2.06. The van der Waals surface area contributed by atoms with E-state index < -0.39 is 17.7 Å². The molecule has 192 valence electrons. The van der Waals surface area contributed by atoms with Gasteiger partial charge in [-0.2, -0.15) is 0 Å². The zero-order chi connectivity index (χ0) is 25.1. The van der Waals surface area contributed by atoms with Crippen molar-refractivity contribution in [3.63, 3.8) is 0 Å². The molecule has 0 radical (unpaired) electrons. The smallest absolute Gasteiger partial charge is 0.292 e. The van der Waals surface area contributed by atoms with Gasteiger partial charge in [0.15, 0.2) is 5.76 Å². The monoisotopic (exact) mass is 497 g/mol. The number of hydrogen-bond acceptors (Lipinski definition) is 7. The molecular formula is C26H31N3O7. The number of ether oxygens (including phenoxy) is 3. The van der Waals surface area contributed by atoms with Crippen LogP contribution in [0.4, 0.5) is 0 Å². The minimum atomic E-state index is -0.999. The summed E-state index contributed by atoms with van der Waals surface area (Å²) in [6.45, 7) is 1.93. The number of nitrogens with one attached hydrogen (secondary N) is 1. The maximum atomic E-state index is 13.5. The number of rotatable bonds is 6. The Balaban J connectivity index is 1.31. The van der Waals surface area contributed by atoms with Crippen LogP contribution in [0.3, 0.4) is 0 Å². The van der Waals surface area contributed by atoms with Crippen molar-refractivity contribution in [2.75, 3.05) is 40.0 Å². The molecule has 3 aliphatic rings. The van der Waals surface area contributed by atoms with Crippen molar-refractivity contribution in [2.24, 2.45) is 0 Å². The van der Waals surface area contributed by atoms with Crippen LogP contribution in [-0.4, -0.2) is 85.3 Å². The minimum absolute atomic E-state index is 0.00896. The van der Waals surface area contributed by atoms with E-state index in [9.17, 15) is 14.4 Å². The number of benzene rings is 1. The van der Waals surface area contributed by atoms with Gasteiger partial charge in [-0.1, -0.05) is 6.07 Å². The quantitative estimate of drug-likeness (QED) is 0.650. The van der Waals surface area contributed by atoms with Gasteiger partial charge in [-0.25, -0.2) is 0 Å². The Hall–Kier alpha value is -3.37. The molecule has 1 aromatic heterocycles. The first kappa shape index (κ1) is 24.3. The number of nitrogens with zero attached hydrogens (tertiary/aromatic N) is 2. The molecule has 4 heterocycles. The first-order valence-corrected chi connectivity index (χ1v) is 12.3. The van der Waals surface area contributed by atoms with E-state index in [-0.39, 0.29) is 30.3 Å². The molecule has 1 N–H and O–H groups in total. The molecule has 3 saturated heterocycles. The van der Waals surface area contributed by atoms with Gasteiger partial charge in [0.1, 0.15) is 17.5 Å². The normalized spacial score (nSPS) is 23.1. The molecule has 2 unspecified atom stereocenters. The van der Waals surface area contributed by atoms with E-state index in [0.29, 0.717) is 50.4 Å². The van der Waals surface area contributed by atoms with Crippen molar-refractivity contribution in [1.82, 2.24) is 15.1 Å². The fourth-order valence-electron chi connectivity index (χ4n) is 5.22. The van der Waals surface area contributed by atoms with Gasteiger partial charge in [0.2, 0.25) is 5.91 Å². The maximum absolute atomic E-state index is 13.5. The molecular weight excluding hydrogens is 466 g/mol. The van der Waals surface area contributed by atoms with Crippen LogP contribution in [0.5, 0.6) is 5.75 Å². The molecule has 3 fully saturated rings. The number of methoxy groups -OCH3 is 1. The summed E-state index contributed by atoms with van der Waals surface area (Å²) >= 11 is 0. The van der Waals surface area contributed by atoms with Crippen molar-refractivity contribution in [3.05, 3.63) is 54.0 Å². The molecule has 5 rings (SSSR count). The van der Waals surface area contributed by atoms with Gasteiger partial charge >= 0.3 is 0 Å². The molecule has 10 heteroatoms. The van der Waals surface area contributed by atoms with E-state index in [2.05, 4.69) is 5.32 Å². The van der Waals surface area contributed by atoms with Crippen LogP contribution in [0.2, 0.25) is 0 Å². The lowest BCUT2D eigenvalue weighted by atomic mass is 9.96. The number of piperidine rings is 1. The summed E-state index contributed by atoms with van der Waals surface area (Å²) in [5.41, 5.74) is -0.464. The van der Waals surface area contributed by atoms with Crippen LogP contribution in [0, 0.1) is 0 Å². The van der Waals surface area contributed by atoms with E-state index in [4.69, 9.17) is 18.6 Å². The molecule has 2 aromatic rings. The summed E-state index contributed by atoms with van der Waals surface area (Å²) in [6, 6.07) is 9.44. The van der Waals surface area contributed by atoms with Crippen molar-refractivity contribution in [1.29, 1.82) is 0 Å². The Morgan fingerprint density at radius 3 is 2.67 bits per heavy atom. The van der Waals surface area contributed by atoms with E-state index in [1.54, 1.807) is 48.4 Å². The predicted molar refractivity (Wildman–Crippen MR) is 127 cm³/mol. The molecule has 1 aromatic carbocycles. The first-order chi connectivity index (χ1) is 17.5. The second-order valence-corrected chi connectivity index (χ2v) is 9.33. The Labute approximate surface area is 209 Å². The number of likely N-dealkylation sites (tertiary alicyclic amines) is 1. The number of furan rings is 1. The molecule has 2 atom stereocenters. The minimum Gasteiger partial charge on any atom is -0.497 e. The van der Waals surface area contributed by atoms with Crippen LogP contribution in [0.25, 0.3) is 0 Å². The highest BCUT2D eigenvalue weighted by molar-refractivity contribution is 5.97. The van der Waals surface area contributed by atoms with Gasteiger partial charge in [0.05, 0.1) is 26.1 Å². The highest BCUT2D eigenvalue weighted by atomic mass is 16.5. The topological polar surface area (TPSA) is 111 Å². The maximum Gasteiger partial charge on any atom is 0.292 e. The van der Waals surface area contributed by atoms with Crippen LogP contribution in [0.15, 0.2) is 47.1 Å². The summed E-state index contributed by atoms with van der Waals surface area (Å²) in [5.74, 6) is -0.0387. The molecule has 3 amide bonds. The molecule has 0 bridgehead atoms. The molecule has 36 heavy (non-hydrogen) atoms. The average Bonchev–Trinajstić information content (AvgIpc) is 3.69. The zero-order valence-electron chi connectivity index (χ0n) is 20.3. The Morgan fingerprint density at radius 1 is 1.14 bits per heavy atom. The average molecular weight is 498 g/mol. The van der Waals surface area contributed by atoms with Gasteiger partial charge in [0, 0.05) is 44.6 Å². The van der Waals surface area contributed by atoms with Gasteiger partial charge < -0.3 is 28.8 Å². The van der Waals surface area contributed by atoms with Gasteiger partial charge in [-0.15, -0.1) is 0 Å². The van der Waals surface area contributed by atoms with Crippen molar-refractivity contribution < 1.29 is 33.0 Å². The van der Waals surface area contributed by atoms with Crippen LogP contribution >= 0.6 is 0 Å². The standard InChI is InChI=1S/C26H31N3O7/c1-33-19-6-2-5-18(15-19)24(31)28-11-9-26(10-12-28)29(25(32)22-8-4-14-35-22)21(17-36-26)23(30)27-16-20-7-3-13-34-20/h2,4-6,8,14-15,20-21H,3,7,9-13,16-17H2,1H3,(H,27,30). The van der Waals surface area contributed by atoms with E-state index >= 15 is 0 Å². The van der Waals surface area contributed by atoms with Gasteiger partial charge in [-0.3, -0.25) is 19.3 Å². The summed E-state index contributed by atoms with van der Waals surface area (Å²) in [4.78, 5) is 43.1. The van der Waals surface area contributed by atoms with Gasteiger partial charge in [0.25, 0.3) is 11.8 Å². The van der Waals surface area contributed by atoms with E-state index in [1.807, 2.05) is 0 Å². The second kappa shape index (κ2) is 10.3. The Kier molecular flexibility index (Phi) is 6.97.